The van der Waals surface area contributed by atoms with Gasteiger partial charge in [0.25, 0.3) is 0 Å². The van der Waals surface area contributed by atoms with E-state index in [1.54, 1.807) is 0 Å². The maximum atomic E-state index is 13.1. The second-order valence-electron chi connectivity index (χ2n) is 7.50. The summed E-state index contributed by atoms with van der Waals surface area (Å²) in [6.45, 7) is 3.18. The van der Waals surface area contributed by atoms with Crippen LogP contribution in [0.4, 0.5) is 4.39 Å². The molecule has 0 unspecified atom stereocenters. The molecule has 138 valence electrons. The van der Waals surface area contributed by atoms with E-state index in [9.17, 15) is 9.18 Å². The van der Waals surface area contributed by atoms with Crippen LogP contribution in [-0.4, -0.2) is 33.7 Å². The van der Waals surface area contributed by atoms with Crippen LogP contribution in [0, 0.1) is 11.7 Å². The largest absolute Gasteiger partial charge is 0.356 e. The van der Waals surface area contributed by atoms with Crippen LogP contribution in [0.3, 0.4) is 0 Å². The molecule has 26 heavy (non-hydrogen) atoms. The van der Waals surface area contributed by atoms with Crippen LogP contribution >= 0.6 is 0 Å². The summed E-state index contributed by atoms with van der Waals surface area (Å²) in [5, 5.41) is 7.53. The topological polar surface area (TPSA) is 50.2 Å². The lowest BCUT2D eigenvalue weighted by molar-refractivity contribution is -0.121. The highest BCUT2D eigenvalue weighted by Crippen LogP contribution is 2.32. The molecule has 1 amide bonds. The Morgan fingerprint density at radius 3 is 2.81 bits per heavy atom. The predicted molar refractivity (Wildman–Crippen MR) is 96.7 cm³/mol. The van der Waals surface area contributed by atoms with E-state index in [0.29, 0.717) is 18.9 Å². The van der Waals surface area contributed by atoms with E-state index in [1.807, 2.05) is 18.3 Å². The first-order valence-corrected chi connectivity index (χ1v) is 9.43. The Labute approximate surface area is 153 Å². The zero-order chi connectivity index (χ0) is 17.9. The fourth-order valence-corrected chi connectivity index (χ4v) is 3.68. The number of rotatable bonds is 7. The van der Waals surface area contributed by atoms with E-state index in [4.69, 9.17) is 0 Å². The van der Waals surface area contributed by atoms with Crippen molar-refractivity contribution in [3.05, 3.63) is 53.6 Å². The minimum absolute atomic E-state index is 0.173. The van der Waals surface area contributed by atoms with Crippen molar-refractivity contribution in [3.8, 4) is 0 Å². The van der Waals surface area contributed by atoms with Crippen molar-refractivity contribution >= 4 is 5.91 Å². The van der Waals surface area contributed by atoms with Crippen LogP contribution in [-0.2, 0) is 17.9 Å². The third-order valence-corrected chi connectivity index (χ3v) is 5.24. The number of aromatic nitrogens is 2. The molecule has 1 N–H and O–H groups in total. The summed E-state index contributed by atoms with van der Waals surface area (Å²) in [7, 11) is 0. The fraction of sp³-hybridized carbons (Fsp3) is 0.500. The van der Waals surface area contributed by atoms with E-state index in [0.717, 1.165) is 31.6 Å². The molecule has 0 saturated heterocycles. The van der Waals surface area contributed by atoms with Gasteiger partial charge < -0.3 is 5.32 Å². The zero-order valence-electron chi connectivity index (χ0n) is 14.9. The van der Waals surface area contributed by atoms with Crippen molar-refractivity contribution in [2.24, 2.45) is 5.92 Å². The first-order valence-electron chi connectivity index (χ1n) is 9.43. The van der Waals surface area contributed by atoms with Gasteiger partial charge in [-0.1, -0.05) is 12.1 Å². The van der Waals surface area contributed by atoms with Crippen LogP contribution in [0.1, 0.15) is 43.0 Å². The van der Waals surface area contributed by atoms with Gasteiger partial charge in [-0.2, -0.15) is 5.10 Å². The maximum Gasteiger partial charge on any atom is 0.220 e. The average Bonchev–Trinajstić information content (AvgIpc) is 3.30. The number of nitrogens with one attached hydrogen (secondary N) is 1. The lowest BCUT2D eigenvalue weighted by Gasteiger charge is -2.34. The highest BCUT2D eigenvalue weighted by molar-refractivity contribution is 5.76. The first-order chi connectivity index (χ1) is 12.7. The number of benzene rings is 1. The van der Waals surface area contributed by atoms with E-state index in [1.165, 1.54) is 30.7 Å². The number of nitrogens with zero attached hydrogens (tertiary/aromatic N) is 3. The van der Waals surface area contributed by atoms with Gasteiger partial charge in [-0.05, 0) is 48.9 Å². The third kappa shape index (κ3) is 4.30. The molecule has 2 aliphatic rings. The van der Waals surface area contributed by atoms with E-state index in [2.05, 4.69) is 26.1 Å². The number of fused-ring (bicyclic) bond motifs is 1. The van der Waals surface area contributed by atoms with Gasteiger partial charge in [0.2, 0.25) is 5.91 Å². The van der Waals surface area contributed by atoms with E-state index in [-0.39, 0.29) is 17.8 Å². The number of carbonyl (C=O) groups is 1. The van der Waals surface area contributed by atoms with Crippen molar-refractivity contribution in [2.45, 2.75) is 44.8 Å². The minimum Gasteiger partial charge on any atom is -0.356 e. The Bertz CT molecular complexity index is 753. The van der Waals surface area contributed by atoms with Gasteiger partial charge in [-0.25, -0.2) is 4.39 Å². The van der Waals surface area contributed by atoms with E-state index >= 15 is 0 Å². The molecule has 0 radical (unpaired) electrons. The molecule has 1 aliphatic carbocycles. The second-order valence-corrected chi connectivity index (χ2v) is 7.50. The van der Waals surface area contributed by atoms with Gasteiger partial charge >= 0.3 is 0 Å². The standard InChI is InChI=1S/C20H25FN4O/c21-17-5-3-16(4-6-17)12-24-13-18(25-19(14-24)8-10-23-25)7-9-22-20(26)11-15-1-2-15/h3-6,8,10,15,18H,1-2,7,9,11-14H2,(H,22,26)/t18-/m1/s1. The smallest absolute Gasteiger partial charge is 0.220 e. The quantitative estimate of drug-likeness (QED) is 0.830. The molecule has 1 atom stereocenters. The Balaban J connectivity index is 1.34. The lowest BCUT2D eigenvalue weighted by atomic mass is 10.1. The van der Waals surface area contributed by atoms with Crippen molar-refractivity contribution in [2.75, 3.05) is 13.1 Å². The number of halogens is 1. The molecule has 1 aromatic heterocycles. The summed E-state index contributed by atoms with van der Waals surface area (Å²) >= 11 is 0. The molecule has 6 heteroatoms. The second kappa shape index (κ2) is 7.58. The molecule has 0 spiro atoms. The van der Waals surface area contributed by atoms with Gasteiger partial charge in [-0.3, -0.25) is 14.4 Å². The van der Waals surface area contributed by atoms with Crippen LogP contribution in [0.2, 0.25) is 0 Å². The van der Waals surface area contributed by atoms with Gasteiger partial charge in [0.15, 0.2) is 0 Å². The van der Waals surface area contributed by atoms with Gasteiger partial charge in [0, 0.05) is 38.8 Å². The van der Waals surface area contributed by atoms with Crippen molar-refractivity contribution in [3.63, 3.8) is 0 Å². The number of hydrogen-bond acceptors (Lipinski definition) is 3. The Kier molecular flexibility index (Phi) is 5.02. The average molecular weight is 356 g/mol. The Hall–Kier alpha value is -2.21. The molecule has 5 nitrogen and oxygen atoms in total. The van der Waals surface area contributed by atoms with Crippen molar-refractivity contribution < 1.29 is 9.18 Å². The molecular formula is C20H25FN4O. The summed E-state index contributed by atoms with van der Waals surface area (Å²) < 4.78 is 15.2. The molecular weight excluding hydrogens is 331 g/mol. The normalized spacial score (nSPS) is 20.0. The minimum atomic E-state index is -0.203. The van der Waals surface area contributed by atoms with Crippen LogP contribution < -0.4 is 5.32 Å². The van der Waals surface area contributed by atoms with Crippen molar-refractivity contribution in [1.82, 2.24) is 20.0 Å². The summed E-state index contributed by atoms with van der Waals surface area (Å²) in [5.74, 6) is 0.589. The molecule has 4 rings (SSSR count). The van der Waals surface area contributed by atoms with E-state index < -0.39 is 0 Å². The number of hydrogen-bond donors (Lipinski definition) is 1. The highest BCUT2D eigenvalue weighted by Gasteiger charge is 2.26. The molecule has 2 aromatic rings. The lowest BCUT2D eigenvalue weighted by Crippen LogP contribution is -2.39. The summed E-state index contributed by atoms with van der Waals surface area (Å²) in [4.78, 5) is 14.3. The monoisotopic (exact) mass is 356 g/mol. The first kappa shape index (κ1) is 17.2. The Morgan fingerprint density at radius 2 is 2.04 bits per heavy atom. The van der Waals surface area contributed by atoms with Crippen LogP contribution in [0.5, 0.6) is 0 Å². The Morgan fingerprint density at radius 1 is 1.23 bits per heavy atom. The number of carbonyl (C=O) groups excluding carboxylic acids is 1. The SMILES string of the molecule is O=C(CC1CC1)NCC[C@@H]1CN(Cc2ccc(F)cc2)Cc2ccnn21. The molecule has 2 heterocycles. The fourth-order valence-electron chi connectivity index (χ4n) is 3.68. The molecule has 1 aromatic carbocycles. The summed E-state index contributed by atoms with van der Waals surface area (Å²) in [6.07, 6.45) is 5.78. The molecule has 1 fully saturated rings. The van der Waals surface area contributed by atoms with Crippen molar-refractivity contribution in [1.29, 1.82) is 0 Å². The highest BCUT2D eigenvalue weighted by atomic mass is 19.1. The molecule has 1 saturated carbocycles. The van der Waals surface area contributed by atoms with Gasteiger partial charge in [-0.15, -0.1) is 0 Å². The van der Waals surface area contributed by atoms with Gasteiger partial charge in [0.05, 0.1) is 11.7 Å². The molecule has 0 bridgehead atoms. The third-order valence-electron chi connectivity index (χ3n) is 5.24. The summed E-state index contributed by atoms with van der Waals surface area (Å²) in [6, 6.07) is 9.00. The number of amides is 1. The van der Waals surface area contributed by atoms with Crippen LogP contribution in [0.15, 0.2) is 36.5 Å². The van der Waals surface area contributed by atoms with Gasteiger partial charge in [0.1, 0.15) is 5.82 Å². The summed E-state index contributed by atoms with van der Waals surface area (Å²) in [5.41, 5.74) is 2.29. The van der Waals surface area contributed by atoms with Crippen LogP contribution in [0.25, 0.3) is 0 Å². The zero-order valence-corrected chi connectivity index (χ0v) is 14.9. The molecule has 1 aliphatic heterocycles. The maximum absolute atomic E-state index is 13.1. The predicted octanol–water partition coefficient (Wildman–Crippen LogP) is 2.89.